The van der Waals surface area contributed by atoms with Gasteiger partial charge in [0, 0.05) is 50.7 Å². The van der Waals surface area contributed by atoms with Crippen molar-refractivity contribution >= 4 is 11.9 Å². The van der Waals surface area contributed by atoms with E-state index in [0.717, 1.165) is 24.6 Å². The van der Waals surface area contributed by atoms with Crippen LogP contribution in [0.5, 0.6) is 0 Å². The van der Waals surface area contributed by atoms with Crippen molar-refractivity contribution in [2.45, 2.75) is 6.54 Å². The van der Waals surface area contributed by atoms with Gasteiger partial charge in [0.05, 0.1) is 0 Å². The highest BCUT2D eigenvalue weighted by Gasteiger charge is 2.23. The summed E-state index contributed by atoms with van der Waals surface area (Å²) in [5, 5.41) is 0. The molecule has 22 heavy (non-hydrogen) atoms. The Bertz CT molecular complexity index is 621. The lowest BCUT2D eigenvalue weighted by Gasteiger charge is -2.34. The number of amides is 1. The third-order valence-electron chi connectivity index (χ3n) is 3.84. The number of nitrogens with zero attached hydrogens (tertiary/aromatic N) is 4. The van der Waals surface area contributed by atoms with Crippen LogP contribution in [0.4, 0.5) is 5.95 Å². The molecule has 2 aromatic rings. The molecule has 2 heterocycles. The fourth-order valence-electron chi connectivity index (χ4n) is 2.53. The van der Waals surface area contributed by atoms with E-state index >= 15 is 0 Å². The van der Waals surface area contributed by atoms with Gasteiger partial charge in [0.2, 0.25) is 5.95 Å². The first-order chi connectivity index (χ1) is 10.8. The Kier molecular flexibility index (Phi) is 4.29. The molecule has 0 unspecified atom stereocenters. The number of benzene rings is 1. The lowest BCUT2D eigenvalue weighted by molar-refractivity contribution is 0.0746. The second-order valence-corrected chi connectivity index (χ2v) is 5.23. The van der Waals surface area contributed by atoms with E-state index in [1.165, 1.54) is 0 Å². The first-order valence-corrected chi connectivity index (χ1v) is 7.38. The van der Waals surface area contributed by atoms with Crippen molar-refractivity contribution in [3.05, 3.63) is 53.9 Å². The predicted molar refractivity (Wildman–Crippen MR) is 84.5 cm³/mol. The normalized spacial score (nSPS) is 15.0. The maximum atomic E-state index is 12.5. The molecule has 1 amide bonds. The fourth-order valence-corrected chi connectivity index (χ4v) is 2.53. The molecule has 1 aromatic carbocycles. The Hall–Kier alpha value is -2.47. The summed E-state index contributed by atoms with van der Waals surface area (Å²) >= 11 is 0. The minimum Gasteiger partial charge on any atom is -0.337 e. The monoisotopic (exact) mass is 297 g/mol. The van der Waals surface area contributed by atoms with Gasteiger partial charge in [-0.05, 0) is 23.8 Å². The second-order valence-electron chi connectivity index (χ2n) is 5.23. The quantitative estimate of drug-likeness (QED) is 0.911. The first-order valence-electron chi connectivity index (χ1n) is 7.38. The molecule has 6 heteroatoms. The number of nitrogens with two attached hydrogens (primary N) is 1. The number of anilines is 1. The van der Waals surface area contributed by atoms with Crippen LogP contribution in [0.15, 0.2) is 42.7 Å². The second kappa shape index (κ2) is 6.53. The van der Waals surface area contributed by atoms with Gasteiger partial charge in [0.25, 0.3) is 5.91 Å². The van der Waals surface area contributed by atoms with E-state index in [1.807, 2.05) is 29.2 Å². The van der Waals surface area contributed by atoms with Crippen LogP contribution in [0.2, 0.25) is 0 Å². The van der Waals surface area contributed by atoms with Gasteiger partial charge in [-0.3, -0.25) is 4.79 Å². The van der Waals surface area contributed by atoms with E-state index in [0.29, 0.717) is 25.2 Å². The van der Waals surface area contributed by atoms with Crippen molar-refractivity contribution < 1.29 is 4.79 Å². The number of piperazine rings is 1. The summed E-state index contributed by atoms with van der Waals surface area (Å²) in [7, 11) is 0. The smallest absolute Gasteiger partial charge is 0.253 e. The lowest BCUT2D eigenvalue weighted by atomic mass is 10.1. The van der Waals surface area contributed by atoms with E-state index in [4.69, 9.17) is 5.73 Å². The van der Waals surface area contributed by atoms with Crippen LogP contribution in [0.1, 0.15) is 15.9 Å². The third kappa shape index (κ3) is 3.07. The fraction of sp³-hybridized carbons (Fsp3) is 0.312. The average Bonchev–Trinajstić information content (AvgIpc) is 2.62. The summed E-state index contributed by atoms with van der Waals surface area (Å²) in [4.78, 5) is 25.0. The number of hydrogen-bond acceptors (Lipinski definition) is 5. The molecule has 0 aliphatic carbocycles. The Balaban J connectivity index is 1.62. The van der Waals surface area contributed by atoms with Gasteiger partial charge in [-0.15, -0.1) is 0 Å². The highest BCUT2D eigenvalue weighted by Crippen LogP contribution is 2.13. The largest absolute Gasteiger partial charge is 0.337 e. The number of aromatic nitrogens is 2. The van der Waals surface area contributed by atoms with Crippen LogP contribution in [0.3, 0.4) is 0 Å². The number of rotatable bonds is 3. The van der Waals surface area contributed by atoms with Crippen LogP contribution in [0, 0.1) is 0 Å². The van der Waals surface area contributed by atoms with Gasteiger partial charge in [-0.1, -0.05) is 12.1 Å². The molecule has 0 radical (unpaired) electrons. The van der Waals surface area contributed by atoms with Gasteiger partial charge in [0.1, 0.15) is 0 Å². The van der Waals surface area contributed by atoms with Crippen molar-refractivity contribution in [2.75, 3.05) is 31.1 Å². The van der Waals surface area contributed by atoms with Crippen molar-refractivity contribution in [2.24, 2.45) is 5.73 Å². The highest BCUT2D eigenvalue weighted by molar-refractivity contribution is 5.94. The molecule has 1 saturated heterocycles. The molecule has 114 valence electrons. The van der Waals surface area contributed by atoms with E-state index < -0.39 is 0 Å². The minimum absolute atomic E-state index is 0.0669. The summed E-state index contributed by atoms with van der Waals surface area (Å²) in [6, 6.07) is 9.30. The molecule has 0 bridgehead atoms. The van der Waals surface area contributed by atoms with Crippen LogP contribution in [-0.2, 0) is 6.54 Å². The molecule has 0 spiro atoms. The average molecular weight is 297 g/mol. The van der Waals surface area contributed by atoms with E-state index in [-0.39, 0.29) is 5.91 Å². The lowest BCUT2D eigenvalue weighted by Crippen LogP contribution is -2.49. The summed E-state index contributed by atoms with van der Waals surface area (Å²) in [5.74, 6) is 0.791. The topological polar surface area (TPSA) is 75.4 Å². The molecule has 0 atom stereocenters. The molecule has 1 aliphatic rings. The molecule has 1 fully saturated rings. The summed E-state index contributed by atoms with van der Waals surface area (Å²) < 4.78 is 0. The zero-order valence-corrected chi connectivity index (χ0v) is 12.4. The van der Waals surface area contributed by atoms with Crippen LogP contribution in [-0.4, -0.2) is 47.0 Å². The van der Waals surface area contributed by atoms with Crippen molar-refractivity contribution in [3.8, 4) is 0 Å². The van der Waals surface area contributed by atoms with Crippen LogP contribution >= 0.6 is 0 Å². The summed E-state index contributed by atoms with van der Waals surface area (Å²) in [6.07, 6.45) is 3.47. The van der Waals surface area contributed by atoms with E-state index in [9.17, 15) is 4.79 Å². The number of carbonyl (C=O) groups is 1. The van der Waals surface area contributed by atoms with Crippen LogP contribution < -0.4 is 10.6 Å². The first kappa shape index (κ1) is 14.5. The SMILES string of the molecule is NCc1ccc(C(=O)N2CCN(c3ncccn3)CC2)cc1. The number of carbonyl (C=O) groups excluding carboxylic acids is 1. The van der Waals surface area contributed by atoms with Gasteiger partial charge in [0.15, 0.2) is 0 Å². The molecule has 6 nitrogen and oxygen atoms in total. The molecule has 0 saturated carbocycles. The molecule has 1 aromatic heterocycles. The van der Waals surface area contributed by atoms with Crippen molar-refractivity contribution in [1.82, 2.24) is 14.9 Å². The van der Waals surface area contributed by atoms with Crippen molar-refractivity contribution in [3.63, 3.8) is 0 Å². The van der Waals surface area contributed by atoms with E-state index in [2.05, 4.69) is 14.9 Å². The summed E-state index contributed by atoms with van der Waals surface area (Å²) in [5.41, 5.74) is 7.32. The maximum absolute atomic E-state index is 12.5. The molecule has 1 aliphatic heterocycles. The van der Waals surface area contributed by atoms with Gasteiger partial charge in [-0.2, -0.15) is 0 Å². The minimum atomic E-state index is 0.0669. The van der Waals surface area contributed by atoms with E-state index in [1.54, 1.807) is 18.5 Å². The summed E-state index contributed by atoms with van der Waals surface area (Å²) in [6.45, 7) is 3.34. The van der Waals surface area contributed by atoms with Gasteiger partial charge in [-0.25, -0.2) is 9.97 Å². The zero-order valence-electron chi connectivity index (χ0n) is 12.4. The third-order valence-corrected chi connectivity index (χ3v) is 3.84. The Morgan fingerprint density at radius 1 is 1.05 bits per heavy atom. The molecular weight excluding hydrogens is 278 g/mol. The van der Waals surface area contributed by atoms with Gasteiger partial charge >= 0.3 is 0 Å². The zero-order chi connectivity index (χ0) is 15.4. The predicted octanol–water partition coefficient (Wildman–Crippen LogP) is 0.898. The Labute approximate surface area is 129 Å². The Morgan fingerprint density at radius 3 is 2.27 bits per heavy atom. The molecule has 3 rings (SSSR count). The Morgan fingerprint density at radius 2 is 1.68 bits per heavy atom. The molecular formula is C16H19N5O. The van der Waals surface area contributed by atoms with Gasteiger partial charge < -0.3 is 15.5 Å². The standard InChI is InChI=1S/C16H19N5O/c17-12-13-2-4-14(5-3-13)15(22)20-8-10-21(11-9-20)16-18-6-1-7-19-16/h1-7H,8-12,17H2. The molecule has 2 N–H and O–H groups in total. The van der Waals surface area contributed by atoms with Crippen molar-refractivity contribution in [1.29, 1.82) is 0 Å². The maximum Gasteiger partial charge on any atom is 0.253 e. The van der Waals surface area contributed by atoms with Crippen LogP contribution in [0.25, 0.3) is 0 Å². The highest BCUT2D eigenvalue weighted by atomic mass is 16.2. The number of hydrogen-bond donors (Lipinski definition) is 1.